The summed E-state index contributed by atoms with van der Waals surface area (Å²) in [5.74, 6) is 6.46. The van der Waals surface area contributed by atoms with Gasteiger partial charge in [-0.05, 0) is 53.3 Å². The van der Waals surface area contributed by atoms with Crippen molar-refractivity contribution in [2.45, 2.75) is 31.2 Å². The Morgan fingerprint density at radius 3 is 2.55 bits per heavy atom. The monoisotopic (exact) mass is 604 g/mol. The average molecular weight is 605 g/mol. The molecule has 0 spiro atoms. The maximum absolute atomic E-state index is 12.7. The number of aliphatic hydroxyl groups is 2. The number of hydrogen-bond acceptors (Lipinski definition) is 7. The molecular formula is C34H29ClN6O3. The van der Waals surface area contributed by atoms with Gasteiger partial charge in [-0.15, -0.1) is 0 Å². The molecule has 10 heteroatoms. The average Bonchev–Trinajstić information content (AvgIpc) is 3.59. The van der Waals surface area contributed by atoms with E-state index in [9.17, 15) is 15.0 Å². The number of carbonyl (C=O) groups excluding carboxylic acids is 1. The van der Waals surface area contributed by atoms with Gasteiger partial charge in [0, 0.05) is 30.1 Å². The minimum absolute atomic E-state index is 0.264. The third-order valence-electron chi connectivity index (χ3n) is 8.72. The van der Waals surface area contributed by atoms with Gasteiger partial charge in [-0.2, -0.15) is 0 Å². The third-order valence-corrected chi connectivity index (χ3v) is 8.96. The van der Waals surface area contributed by atoms with Gasteiger partial charge in [0.2, 0.25) is 11.7 Å². The summed E-state index contributed by atoms with van der Waals surface area (Å²) in [6.07, 6.45) is -0.317. The summed E-state index contributed by atoms with van der Waals surface area (Å²) in [6.45, 7) is 0.431. The highest BCUT2D eigenvalue weighted by Gasteiger charge is 2.75. The largest absolute Gasteiger partial charge is 0.389 e. The van der Waals surface area contributed by atoms with Crippen LogP contribution in [0.15, 0.2) is 85.2 Å². The highest BCUT2D eigenvalue weighted by Crippen LogP contribution is 2.67. The van der Waals surface area contributed by atoms with E-state index in [0.29, 0.717) is 35.0 Å². The first-order chi connectivity index (χ1) is 21.4. The fourth-order valence-corrected chi connectivity index (χ4v) is 6.65. The van der Waals surface area contributed by atoms with Gasteiger partial charge in [0.05, 0.1) is 23.9 Å². The fourth-order valence-electron chi connectivity index (χ4n) is 6.44. The molecule has 0 aliphatic heterocycles. The molecule has 2 saturated carbocycles. The Kier molecular flexibility index (Phi) is 7.05. The number of imidazole rings is 1. The summed E-state index contributed by atoms with van der Waals surface area (Å²) < 4.78 is 1.75. The van der Waals surface area contributed by atoms with Crippen molar-refractivity contribution < 1.29 is 15.0 Å². The van der Waals surface area contributed by atoms with Gasteiger partial charge >= 0.3 is 0 Å². The van der Waals surface area contributed by atoms with E-state index in [1.165, 1.54) is 7.05 Å². The van der Waals surface area contributed by atoms with E-state index in [-0.39, 0.29) is 17.6 Å². The summed E-state index contributed by atoms with van der Waals surface area (Å²) in [5, 5.41) is 28.6. The molecular weight excluding hydrogens is 576 g/mol. The molecule has 2 aliphatic rings. The molecule has 9 nitrogen and oxygen atoms in total. The molecule has 220 valence electrons. The van der Waals surface area contributed by atoms with Crippen LogP contribution in [0.1, 0.15) is 29.4 Å². The van der Waals surface area contributed by atoms with Crippen molar-refractivity contribution in [3.8, 4) is 23.0 Å². The van der Waals surface area contributed by atoms with Crippen LogP contribution in [0, 0.1) is 23.2 Å². The molecule has 4 N–H and O–H groups in total. The van der Waals surface area contributed by atoms with E-state index in [1.807, 2.05) is 66.7 Å². The van der Waals surface area contributed by atoms with Crippen molar-refractivity contribution >= 4 is 34.5 Å². The molecule has 0 saturated heterocycles. The SMILES string of the molecule is CNC(=O)[C@]12CC1[C@@H](n1cnc3c(NCc4cccc(Cl)c4)nc(C#Cc4ccc(-c5ccccc5)cc4)nc31)[C@H](O)[C@@H]2O. The molecule has 0 bridgehead atoms. The van der Waals surface area contributed by atoms with Crippen LogP contribution in [0.3, 0.4) is 0 Å². The number of carbonyl (C=O) groups is 1. The van der Waals surface area contributed by atoms with E-state index in [1.54, 1.807) is 10.9 Å². The minimum Gasteiger partial charge on any atom is -0.389 e. The number of fused-ring (bicyclic) bond motifs is 2. The van der Waals surface area contributed by atoms with Crippen LogP contribution in [0.5, 0.6) is 0 Å². The summed E-state index contributed by atoms with van der Waals surface area (Å²) >= 11 is 6.19. The summed E-state index contributed by atoms with van der Waals surface area (Å²) in [4.78, 5) is 26.8. The maximum atomic E-state index is 12.7. The van der Waals surface area contributed by atoms with Crippen molar-refractivity contribution in [1.29, 1.82) is 0 Å². The number of hydrogen-bond donors (Lipinski definition) is 4. The van der Waals surface area contributed by atoms with Gasteiger partial charge in [-0.3, -0.25) is 4.79 Å². The van der Waals surface area contributed by atoms with Gasteiger partial charge in [0.25, 0.3) is 0 Å². The van der Waals surface area contributed by atoms with Crippen molar-refractivity contribution in [3.63, 3.8) is 0 Å². The van der Waals surface area contributed by atoms with Crippen molar-refractivity contribution in [1.82, 2.24) is 24.8 Å². The second-order valence-corrected chi connectivity index (χ2v) is 11.7. The first-order valence-corrected chi connectivity index (χ1v) is 14.8. The highest BCUT2D eigenvalue weighted by molar-refractivity contribution is 6.30. The first kappa shape index (κ1) is 28.0. The Hall–Kier alpha value is -4.75. The molecule has 2 heterocycles. The van der Waals surface area contributed by atoms with Gasteiger partial charge in [0.15, 0.2) is 17.0 Å². The molecule has 3 aromatic carbocycles. The number of halogens is 1. The Morgan fingerprint density at radius 2 is 1.80 bits per heavy atom. The molecule has 1 unspecified atom stereocenters. The predicted octanol–water partition coefficient (Wildman–Crippen LogP) is 4.19. The molecule has 5 atom stereocenters. The van der Waals surface area contributed by atoms with E-state index in [0.717, 1.165) is 22.3 Å². The van der Waals surface area contributed by atoms with Crippen LogP contribution >= 0.6 is 11.6 Å². The van der Waals surface area contributed by atoms with E-state index < -0.39 is 23.7 Å². The van der Waals surface area contributed by atoms with Crippen molar-refractivity contribution in [3.05, 3.63) is 107 Å². The summed E-state index contributed by atoms with van der Waals surface area (Å²) in [5.41, 5.74) is 3.90. The number of aliphatic hydroxyl groups excluding tert-OH is 2. The number of aromatic nitrogens is 4. The number of benzene rings is 3. The lowest BCUT2D eigenvalue weighted by Gasteiger charge is -2.23. The highest BCUT2D eigenvalue weighted by atomic mass is 35.5. The molecule has 2 aromatic heterocycles. The standard InChI is InChI=1S/C34H29ClN6O3/c1-36-33(44)34-17-25(34)28(29(42)30(34)43)41-19-38-27-31(37-18-21-6-5-9-24(35)16-21)39-26(40-32(27)41)15-12-20-10-13-23(14-11-20)22-7-3-2-4-8-22/h2-11,13-14,16,19,25,28-30,42-43H,17-18H2,1H3,(H,36,44)(H,37,39,40)/t25?,28-,29+,30+,34-/m1/s1. The molecule has 1 amide bonds. The zero-order valence-corrected chi connectivity index (χ0v) is 24.5. The number of nitrogens with one attached hydrogen (secondary N) is 2. The second-order valence-electron chi connectivity index (χ2n) is 11.3. The van der Waals surface area contributed by atoms with Crippen LogP contribution < -0.4 is 10.6 Å². The van der Waals surface area contributed by atoms with Crippen LogP contribution in [0.4, 0.5) is 5.82 Å². The normalized spacial score (nSPS) is 23.5. The Morgan fingerprint density at radius 1 is 1.02 bits per heavy atom. The number of rotatable bonds is 6. The van der Waals surface area contributed by atoms with Crippen LogP contribution in [0.25, 0.3) is 22.3 Å². The molecule has 2 aliphatic carbocycles. The number of anilines is 1. The van der Waals surface area contributed by atoms with E-state index in [2.05, 4.69) is 39.6 Å². The van der Waals surface area contributed by atoms with E-state index >= 15 is 0 Å². The summed E-state index contributed by atoms with van der Waals surface area (Å²) in [7, 11) is 1.54. The third kappa shape index (κ3) is 4.77. The van der Waals surface area contributed by atoms with Gasteiger partial charge in [-0.25, -0.2) is 15.0 Å². The van der Waals surface area contributed by atoms with Crippen molar-refractivity contribution in [2.75, 3.05) is 12.4 Å². The molecule has 5 aromatic rings. The van der Waals surface area contributed by atoms with Gasteiger partial charge < -0.3 is 25.4 Å². The molecule has 7 rings (SSSR count). The topological polar surface area (TPSA) is 125 Å². The van der Waals surface area contributed by atoms with Crippen LogP contribution in [-0.4, -0.2) is 54.9 Å². The fraction of sp³-hybridized carbons (Fsp3) is 0.235. The Balaban J connectivity index is 1.25. The lowest BCUT2D eigenvalue weighted by molar-refractivity contribution is -0.132. The quantitative estimate of drug-likeness (QED) is 0.214. The van der Waals surface area contributed by atoms with Crippen LogP contribution in [0.2, 0.25) is 5.02 Å². The second kappa shape index (κ2) is 11.1. The van der Waals surface area contributed by atoms with E-state index in [4.69, 9.17) is 21.6 Å². The summed E-state index contributed by atoms with van der Waals surface area (Å²) in [6, 6.07) is 25.0. The number of nitrogens with zero attached hydrogens (tertiary/aromatic N) is 4. The zero-order valence-electron chi connectivity index (χ0n) is 23.8. The minimum atomic E-state index is -1.20. The molecule has 44 heavy (non-hydrogen) atoms. The number of amides is 1. The van der Waals surface area contributed by atoms with Crippen molar-refractivity contribution in [2.24, 2.45) is 11.3 Å². The van der Waals surface area contributed by atoms with Gasteiger partial charge in [-0.1, -0.05) is 72.1 Å². The van der Waals surface area contributed by atoms with Crippen LogP contribution in [-0.2, 0) is 11.3 Å². The lowest BCUT2D eigenvalue weighted by atomic mass is 9.98. The predicted molar refractivity (Wildman–Crippen MR) is 168 cm³/mol. The maximum Gasteiger partial charge on any atom is 0.229 e. The Bertz CT molecular complexity index is 1930. The zero-order chi connectivity index (χ0) is 30.4. The van der Waals surface area contributed by atoms with Gasteiger partial charge in [0.1, 0.15) is 6.10 Å². The Labute approximate surface area is 259 Å². The lowest BCUT2D eigenvalue weighted by Crippen LogP contribution is -2.41. The molecule has 2 fully saturated rings. The first-order valence-electron chi connectivity index (χ1n) is 14.4. The smallest absolute Gasteiger partial charge is 0.229 e. The molecule has 0 radical (unpaired) electrons.